The number of nitrogens with zero attached hydrogens (tertiary/aromatic N) is 2. The van der Waals surface area contributed by atoms with E-state index in [0.717, 1.165) is 12.4 Å². The minimum atomic E-state index is -0.0504. The lowest BCUT2D eigenvalue weighted by Crippen LogP contribution is -2.12. The Bertz CT molecular complexity index is 594. The number of hydrogen-bond donors (Lipinski definition) is 2. The van der Waals surface area contributed by atoms with Gasteiger partial charge in [-0.3, -0.25) is 5.41 Å². The largest absolute Gasteiger partial charge is 0.492 e. The molecular formula is C13H15ClN4O. The quantitative estimate of drug-likeness (QED) is 0.650. The highest BCUT2D eigenvalue weighted by Gasteiger charge is 2.05. The molecule has 0 saturated carbocycles. The van der Waals surface area contributed by atoms with E-state index in [0.29, 0.717) is 22.9 Å². The maximum Gasteiger partial charge on any atom is 0.124 e. The van der Waals surface area contributed by atoms with Crippen LogP contribution in [-0.2, 0) is 6.54 Å². The number of imidazole rings is 1. The van der Waals surface area contributed by atoms with Crippen LogP contribution in [0.3, 0.4) is 0 Å². The molecule has 19 heavy (non-hydrogen) atoms. The number of aryl methyl sites for hydroxylation is 1. The maximum absolute atomic E-state index is 7.35. The van der Waals surface area contributed by atoms with Gasteiger partial charge in [0.2, 0.25) is 0 Å². The number of hydrogen-bond acceptors (Lipinski definition) is 3. The summed E-state index contributed by atoms with van der Waals surface area (Å²) < 4.78 is 7.61. The van der Waals surface area contributed by atoms with Gasteiger partial charge in [-0.05, 0) is 25.1 Å². The van der Waals surface area contributed by atoms with Crippen molar-refractivity contribution >= 4 is 17.4 Å². The Hall–Kier alpha value is -2.01. The minimum absolute atomic E-state index is 0.0504. The van der Waals surface area contributed by atoms with Crippen LogP contribution < -0.4 is 10.5 Å². The van der Waals surface area contributed by atoms with Crippen LogP contribution in [-0.4, -0.2) is 22.0 Å². The first-order valence-corrected chi connectivity index (χ1v) is 6.20. The number of aromatic nitrogens is 2. The number of nitrogens with one attached hydrogen (secondary N) is 1. The normalized spacial score (nSPS) is 10.4. The molecule has 0 unspecified atom stereocenters. The third-order valence-electron chi connectivity index (χ3n) is 2.76. The van der Waals surface area contributed by atoms with E-state index in [9.17, 15) is 0 Å². The van der Waals surface area contributed by atoms with E-state index in [1.807, 2.05) is 17.7 Å². The molecule has 0 aliphatic heterocycles. The van der Waals surface area contributed by atoms with Crippen LogP contribution in [0.5, 0.6) is 5.75 Å². The minimum Gasteiger partial charge on any atom is -0.492 e. The number of halogens is 1. The van der Waals surface area contributed by atoms with Crippen molar-refractivity contribution < 1.29 is 4.74 Å². The standard InChI is InChI=1S/C13H15ClN4O/c1-9-17-4-5-18(9)6-7-19-10-2-3-11(13(15)16)12(14)8-10/h2-5,8H,6-7H2,1H3,(H3,15,16). The average molecular weight is 279 g/mol. The van der Waals surface area contributed by atoms with Crippen molar-refractivity contribution in [3.05, 3.63) is 47.0 Å². The molecule has 5 nitrogen and oxygen atoms in total. The summed E-state index contributed by atoms with van der Waals surface area (Å²) in [6.07, 6.45) is 3.67. The molecule has 1 aromatic heterocycles. The van der Waals surface area contributed by atoms with Gasteiger partial charge in [0.25, 0.3) is 0 Å². The first kappa shape index (κ1) is 13.4. The van der Waals surface area contributed by atoms with E-state index in [4.69, 9.17) is 27.5 Å². The van der Waals surface area contributed by atoms with Gasteiger partial charge < -0.3 is 15.0 Å². The Labute approximate surface area is 116 Å². The third-order valence-corrected chi connectivity index (χ3v) is 3.07. The lowest BCUT2D eigenvalue weighted by atomic mass is 10.2. The smallest absolute Gasteiger partial charge is 0.124 e. The van der Waals surface area contributed by atoms with Crippen LogP contribution in [0.15, 0.2) is 30.6 Å². The number of amidine groups is 1. The van der Waals surface area contributed by atoms with Crippen LogP contribution in [0.25, 0.3) is 0 Å². The van der Waals surface area contributed by atoms with E-state index in [1.165, 1.54) is 0 Å². The van der Waals surface area contributed by atoms with Crippen molar-refractivity contribution in [2.75, 3.05) is 6.61 Å². The molecule has 1 aromatic carbocycles. The highest BCUT2D eigenvalue weighted by molar-refractivity contribution is 6.34. The molecule has 0 atom stereocenters. The molecule has 0 radical (unpaired) electrons. The maximum atomic E-state index is 7.35. The fourth-order valence-electron chi connectivity index (χ4n) is 1.71. The second-order valence-electron chi connectivity index (χ2n) is 4.07. The highest BCUT2D eigenvalue weighted by atomic mass is 35.5. The van der Waals surface area contributed by atoms with Gasteiger partial charge in [-0.25, -0.2) is 4.98 Å². The Morgan fingerprint density at radius 3 is 2.89 bits per heavy atom. The number of ether oxygens (including phenoxy) is 1. The summed E-state index contributed by atoms with van der Waals surface area (Å²) >= 11 is 6.01. The Kier molecular flexibility index (Phi) is 4.06. The predicted octanol–water partition coefficient (Wildman–Crippen LogP) is 2.21. The van der Waals surface area contributed by atoms with Crippen molar-refractivity contribution in [1.82, 2.24) is 9.55 Å². The van der Waals surface area contributed by atoms with E-state index in [-0.39, 0.29) is 5.84 Å². The van der Waals surface area contributed by atoms with Gasteiger partial charge in [-0.15, -0.1) is 0 Å². The summed E-state index contributed by atoms with van der Waals surface area (Å²) in [5.41, 5.74) is 5.91. The first-order chi connectivity index (χ1) is 9.08. The average Bonchev–Trinajstić information content (AvgIpc) is 2.75. The second kappa shape index (κ2) is 5.75. The third kappa shape index (κ3) is 3.26. The topological polar surface area (TPSA) is 76.9 Å². The van der Waals surface area contributed by atoms with Crippen LogP contribution in [0.1, 0.15) is 11.4 Å². The van der Waals surface area contributed by atoms with E-state index in [2.05, 4.69) is 4.98 Å². The van der Waals surface area contributed by atoms with Gasteiger partial charge in [0.05, 0.1) is 11.6 Å². The molecule has 0 saturated heterocycles. The first-order valence-electron chi connectivity index (χ1n) is 5.82. The molecule has 0 spiro atoms. The monoisotopic (exact) mass is 278 g/mol. The summed E-state index contributed by atoms with van der Waals surface area (Å²) in [5.74, 6) is 1.56. The van der Waals surface area contributed by atoms with Gasteiger partial charge in [0.1, 0.15) is 24.0 Å². The zero-order valence-corrected chi connectivity index (χ0v) is 11.3. The van der Waals surface area contributed by atoms with Crippen LogP contribution >= 0.6 is 11.6 Å². The Morgan fingerprint density at radius 1 is 1.53 bits per heavy atom. The molecule has 0 aliphatic rings. The molecule has 0 fully saturated rings. The van der Waals surface area contributed by atoms with Crippen molar-refractivity contribution in [3.8, 4) is 5.75 Å². The molecule has 0 bridgehead atoms. The van der Waals surface area contributed by atoms with E-state index < -0.39 is 0 Å². The number of nitrogens with two attached hydrogens (primary N) is 1. The summed E-state index contributed by atoms with van der Waals surface area (Å²) in [7, 11) is 0. The second-order valence-corrected chi connectivity index (χ2v) is 4.48. The molecule has 0 aliphatic carbocycles. The molecular weight excluding hydrogens is 264 g/mol. The lowest BCUT2D eigenvalue weighted by molar-refractivity contribution is 0.297. The van der Waals surface area contributed by atoms with Gasteiger partial charge in [0, 0.05) is 18.0 Å². The van der Waals surface area contributed by atoms with Crippen molar-refractivity contribution in [2.24, 2.45) is 5.73 Å². The SMILES string of the molecule is Cc1nccn1CCOc1ccc(C(=N)N)c(Cl)c1. The molecule has 3 N–H and O–H groups in total. The molecule has 100 valence electrons. The Morgan fingerprint density at radius 2 is 2.32 bits per heavy atom. The summed E-state index contributed by atoms with van der Waals surface area (Å²) in [5, 5.41) is 7.77. The summed E-state index contributed by atoms with van der Waals surface area (Å²) in [4.78, 5) is 4.14. The number of benzene rings is 1. The van der Waals surface area contributed by atoms with Gasteiger partial charge in [-0.2, -0.15) is 0 Å². The summed E-state index contributed by atoms with van der Waals surface area (Å²) in [6.45, 7) is 3.18. The van der Waals surface area contributed by atoms with Crippen LogP contribution in [0.4, 0.5) is 0 Å². The molecule has 1 heterocycles. The van der Waals surface area contributed by atoms with Gasteiger partial charge in [-0.1, -0.05) is 11.6 Å². The highest BCUT2D eigenvalue weighted by Crippen LogP contribution is 2.22. The molecule has 2 aromatic rings. The van der Waals surface area contributed by atoms with Crippen LogP contribution in [0, 0.1) is 12.3 Å². The number of nitrogen functional groups attached to an aromatic ring is 1. The number of rotatable bonds is 5. The Balaban J connectivity index is 1.95. The molecule has 6 heteroatoms. The van der Waals surface area contributed by atoms with Crippen molar-refractivity contribution in [1.29, 1.82) is 5.41 Å². The fourth-order valence-corrected chi connectivity index (χ4v) is 1.98. The van der Waals surface area contributed by atoms with Crippen LogP contribution in [0.2, 0.25) is 5.02 Å². The molecule has 2 rings (SSSR count). The van der Waals surface area contributed by atoms with Crippen molar-refractivity contribution in [3.63, 3.8) is 0 Å². The summed E-state index contributed by atoms with van der Waals surface area (Å²) in [6, 6.07) is 5.10. The zero-order chi connectivity index (χ0) is 13.8. The molecule has 0 amide bonds. The zero-order valence-electron chi connectivity index (χ0n) is 10.6. The predicted molar refractivity (Wildman–Crippen MR) is 74.9 cm³/mol. The van der Waals surface area contributed by atoms with E-state index >= 15 is 0 Å². The lowest BCUT2D eigenvalue weighted by Gasteiger charge is -2.09. The van der Waals surface area contributed by atoms with Gasteiger partial charge >= 0.3 is 0 Å². The van der Waals surface area contributed by atoms with E-state index in [1.54, 1.807) is 24.4 Å². The fraction of sp³-hybridized carbons (Fsp3) is 0.231. The van der Waals surface area contributed by atoms with Crippen molar-refractivity contribution in [2.45, 2.75) is 13.5 Å². The van der Waals surface area contributed by atoms with Gasteiger partial charge in [0.15, 0.2) is 0 Å².